The molecule has 0 fully saturated rings. The Hall–Kier alpha value is -2.51. The van der Waals surface area contributed by atoms with Crippen LogP contribution < -0.4 is 10.5 Å². The van der Waals surface area contributed by atoms with Gasteiger partial charge in [-0.05, 0) is 30.3 Å². The highest BCUT2D eigenvalue weighted by Crippen LogP contribution is 2.56. The van der Waals surface area contributed by atoms with Crippen LogP contribution in [0.15, 0.2) is 52.1 Å². The van der Waals surface area contributed by atoms with Crippen LogP contribution in [0.1, 0.15) is 22.4 Å². The van der Waals surface area contributed by atoms with E-state index >= 15 is 0 Å². The maximum absolute atomic E-state index is 14.6. The first-order valence-corrected chi connectivity index (χ1v) is 8.83. The molecule has 128 valence electrons. The van der Waals surface area contributed by atoms with Crippen LogP contribution >= 0.6 is 27.5 Å². The third-order valence-electron chi connectivity index (χ3n) is 4.56. The molecule has 3 aromatic rings. The number of amidine groups is 1. The second-order valence-corrected chi connectivity index (χ2v) is 7.26. The molecule has 0 saturated heterocycles. The maximum Gasteiger partial charge on any atom is 0.257 e. The number of halogens is 3. The quantitative estimate of drug-likeness (QED) is 0.543. The monoisotopic (exact) mass is 430 g/mol. The fourth-order valence-electron chi connectivity index (χ4n) is 3.57. The number of rotatable bonds is 0. The molecule has 2 N–H and O–H groups in total. The molecular weight excluding hydrogens is 423 g/mol. The summed E-state index contributed by atoms with van der Waals surface area (Å²) in [6.45, 7) is 0. The Balaban J connectivity index is 1.97. The molecule has 0 radical (unpaired) electrons. The largest absolute Gasteiger partial charge is 0.452 e. The second kappa shape index (κ2) is 5.25. The van der Waals surface area contributed by atoms with Crippen LogP contribution in [0.5, 0.6) is 11.5 Å². The Morgan fingerprint density at radius 1 is 1.15 bits per heavy atom. The SMILES string of the molecule is NC1=N[C@@]2(c3cc(Br)ccc3Oc3c2cc(Cl)nc3F)c2cccnc21. The zero-order valence-electron chi connectivity index (χ0n) is 13.0. The molecule has 4 heterocycles. The van der Waals surface area contributed by atoms with Crippen molar-refractivity contribution in [2.75, 3.05) is 0 Å². The molecule has 8 heteroatoms. The molecule has 26 heavy (non-hydrogen) atoms. The van der Waals surface area contributed by atoms with E-state index in [4.69, 9.17) is 27.1 Å². The van der Waals surface area contributed by atoms with Crippen molar-refractivity contribution in [1.29, 1.82) is 0 Å². The summed E-state index contributed by atoms with van der Waals surface area (Å²) in [4.78, 5) is 12.8. The highest BCUT2D eigenvalue weighted by molar-refractivity contribution is 9.10. The first-order chi connectivity index (χ1) is 12.5. The predicted octanol–water partition coefficient (Wildman–Crippen LogP) is 4.15. The van der Waals surface area contributed by atoms with Crippen LogP contribution in [0, 0.1) is 5.95 Å². The van der Waals surface area contributed by atoms with Crippen molar-refractivity contribution in [2.45, 2.75) is 5.54 Å². The zero-order valence-corrected chi connectivity index (χ0v) is 15.3. The van der Waals surface area contributed by atoms with Crippen molar-refractivity contribution in [3.8, 4) is 11.5 Å². The van der Waals surface area contributed by atoms with Gasteiger partial charge in [-0.2, -0.15) is 4.39 Å². The van der Waals surface area contributed by atoms with Crippen molar-refractivity contribution in [3.63, 3.8) is 0 Å². The number of nitrogens with zero attached hydrogens (tertiary/aromatic N) is 3. The summed E-state index contributed by atoms with van der Waals surface area (Å²) in [7, 11) is 0. The molecule has 0 amide bonds. The molecule has 2 aromatic heterocycles. The van der Waals surface area contributed by atoms with E-state index in [0.717, 1.165) is 15.6 Å². The molecule has 1 spiro atoms. The minimum Gasteiger partial charge on any atom is -0.452 e. The van der Waals surface area contributed by atoms with E-state index in [-0.39, 0.29) is 16.7 Å². The number of pyridine rings is 2. The van der Waals surface area contributed by atoms with E-state index in [2.05, 4.69) is 25.9 Å². The average molecular weight is 432 g/mol. The number of hydrogen-bond donors (Lipinski definition) is 1. The molecule has 5 nitrogen and oxygen atoms in total. The van der Waals surface area contributed by atoms with Gasteiger partial charge in [-0.25, -0.2) is 9.98 Å². The van der Waals surface area contributed by atoms with Crippen LogP contribution in [0.2, 0.25) is 5.15 Å². The van der Waals surface area contributed by atoms with E-state index in [9.17, 15) is 4.39 Å². The van der Waals surface area contributed by atoms with Crippen molar-refractivity contribution in [2.24, 2.45) is 10.7 Å². The highest BCUT2D eigenvalue weighted by atomic mass is 79.9. The number of ether oxygens (including phenoxy) is 1. The van der Waals surface area contributed by atoms with Crippen molar-refractivity contribution in [1.82, 2.24) is 9.97 Å². The molecule has 0 bridgehead atoms. The summed E-state index contributed by atoms with van der Waals surface area (Å²) in [5, 5.41) is 0.00813. The van der Waals surface area contributed by atoms with E-state index in [1.807, 2.05) is 18.2 Å². The Kier molecular flexibility index (Phi) is 3.17. The first-order valence-electron chi connectivity index (χ1n) is 7.66. The second-order valence-electron chi connectivity index (χ2n) is 5.96. The van der Waals surface area contributed by atoms with Gasteiger partial charge in [0.25, 0.3) is 5.95 Å². The minimum absolute atomic E-state index is 0.00813. The van der Waals surface area contributed by atoms with Gasteiger partial charge < -0.3 is 10.5 Å². The number of aromatic nitrogens is 2. The first kappa shape index (κ1) is 15.7. The standard InChI is InChI=1S/C18H9BrClFN4O/c19-8-3-4-12-10(6-8)18(9-2-1-5-23-14(9)17(22)25-18)11-7-13(20)24-16(21)15(11)26-12/h1-7H,(H2,22,25)/t18-/m1/s1. The lowest BCUT2D eigenvalue weighted by Gasteiger charge is -2.35. The molecule has 1 atom stereocenters. The summed E-state index contributed by atoms with van der Waals surface area (Å²) in [6, 6.07) is 10.7. The van der Waals surface area contributed by atoms with Gasteiger partial charge in [-0.1, -0.05) is 33.6 Å². The molecule has 2 aliphatic heterocycles. The highest BCUT2D eigenvalue weighted by Gasteiger charge is 2.50. The number of hydrogen-bond acceptors (Lipinski definition) is 5. The van der Waals surface area contributed by atoms with Crippen LogP contribution in [-0.2, 0) is 5.54 Å². The maximum atomic E-state index is 14.6. The fraction of sp³-hybridized carbons (Fsp3) is 0.0556. The normalized spacial score (nSPS) is 19.4. The van der Waals surface area contributed by atoms with Gasteiger partial charge in [-0.15, -0.1) is 0 Å². The van der Waals surface area contributed by atoms with Gasteiger partial charge in [0.1, 0.15) is 28.0 Å². The van der Waals surface area contributed by atoms with Gasteiger partial charge in [0.2, 0.25) is 0 Å². The van der Waals surface area contributed by atoms with Gasteiger partial charge >= 0.3 is 0 Å². The minimum atomic E-state index is -1.10. The van der Waals surface area contributed by atoms with E-state index < -0.39 is 11.5 Å². The summed E-state index contributed by atoms with van der Waals surface area (Å²) in [6.07, 6.45) is 1.64. The Morgan fingerprint density at radius 2 is 2.00 bits per heavy atom. The number of fused-ring (bicyclic) bond motifs is 6. The van der Waals surface area contributed by atoms with E-state index in [1.165, 1.54) is 0 Å². The van der Waals surface area contributed by atoms with Crippen LogP contribution in [-0.4, -0.2) is 15.8 Å². The summed E-state index contributed by atoms with van der Waals surface area (Å²) >= 11 is 9.54. The van der Waals surface area contributed by atoms with Gasteiger partial charge in [0, 0.05) is 27.4 Å². The van der Waals surface area contributed by atoms with Crippen LogP contribution in [0.3, 0.4) is 0 Å². The van der Waals surface area contributed by atoms with Crippen LogP contribution in [0.25, 0.3) is 0 Å². The summed E-state index contributed by atoms with van der Waals surface area (Å²) < 4.78 is 21.2. The zero-order chi connectivity index (χ0) is 18.1. The number of benzene rings is 1. The third kappa shape index (κ3) is 1.92. The molecule has 0 aliphatic carbocycles. The van der Waals surface area contributed by atoms with Crippen LogP contribution in [0.4, 0.5) is 4.39 Å². The topological polar surface area (TPSA) is 73.4 Å². The summed E-state index contributed by atoms with van der Waals surface area (Å²) in [5.41, 5.74) is 7.52. The molecular formula is C18H9BrClFN4O. The third-order valence-corrected chi connectivity index (χ3v) is 5.25. The average Bonchev–Trinajstić information content (AvgIpc) is 2.91. The molecule has 1 aromatic carbocycles. The Morgan fingerprint density at radius 3 is 2.85 bits per heavy atom. The van der Waals surface area contributed by atoms with Gasteiger partial charge in [0.15, 0.2) is 5.75 Å². The number of aliphatic imine (C=N–C) groups is 1. The van der Waals surface area contributed by atoms with E-state index in [1.54, 1.807) is 24.4 Å². The van der Waals surface area contributed by atoms with Gasteiger partial charge in [0.05, 0.1) is 0 Å². The lowest BCUT2D eigenvalue weighted by molar-refractivity contribution is 0.385. The van der Waals surface area contributed by atoms with Crippen molar-refractivity contribution in [3.05, 3.63) is 80.6 Å². The molecule has 0 saturated carbocycles. The fourth-order valence-corrected chi connectivity index (χ4v) is 4.12. The summed E-state index contributed by atoms with van der Waals surface area (Å²) in [5.74, 6) is -0.0753. The Labute approximate surface area is 160 Å². The van der Waals surface area contributed by atoms with Crippen molar-refractivity contribution >= 4 is 33.4 Å². The van der Waals surface area contributed by atoms with Crippen molar-refractivity contribution < 1.29 is 9.13 Å². The van der Waals surface area contributed by atoms with E-state index in [0.29, 0.717) is 17.0 Å². The lowest BCUT2D eigenvalue weighted by Crippen LogP contribution is -2.30. The predicted molar refractivity (Wildman–Crippen MR) is 98.3 cm³/mol. The molecule has 2 aliphatic rings. The Bertz CT molecular complexity index is 1140. The molecule has 5 rings (SSSR count). The van der Waals surface area contributed by atoms with Gasteiger partial charge in [-0.3, -0.25) is 4.98 Å². The smallest absolute Gasteiger partial charge is 0.257 e. The number of nitrogens with two attached hydrogens (primary N) is 1. The molecule has 0 unspecified atom stereocenters. The lowest BCUT2D eigenvalue weighted by atomic mass is 9.76.